The van der Waals surface area contributed by atoms with Crippen LogP contribution in [0.2, 0.25) is 0 Å². The molecule has 5 nitrogen and oxygen atoms in total. The van der Waals surface area contributed by atoms with E-state index in [4.69, 9.17) is 5.73 Å². The van der Waals surface area contributed by atoms with Gasteiger partial charge in [0.25, 0.3) is 0 Å². The standard InChI is InChI=1S/C20H31N3O2/c1-3-8-18(22-19(24)13-16-9-5-4-6-10-16)20(25)23-12-7-11-17(14-23)15(2)21/h4-6,9-10,15,17-18H,3,7-8,11-14,21H2,1-2H3,(H,22,24). The van der Waals surface area contributed by atoms with Gasteiger partial charge in [0.2, 0.25) is 11.8 Å². The monoisotopic (exact) mass is 345 g/mol. The minimum Gasteiger partial charge on any atom is -0.344 e. The molecule has 138 valence electrons. The zero-order valence-electron chi connectivity index (χ0n) is 15.4. The van der Waals surface area contributed by atoms with Crippen LogP contribution in [0.1, 0.15) is 45.1 Å². The lowest BCUT2D eigenvalue weighted by Gasteiger charge is -2.36. The van der Waals surface area contributed by atoms with Crippen LogP contribution in [0.3, 0.4) is 0 Å². The van der Waals surface area contributed by atoms with Crippen LogP contribution in [0.4, 0.5) is 0 Å². The van der Waals surface area contributed by atoms with Crippen molar-refractivity contribution in [1.29, 1.82) is 0 Å². The number of benzene rings is 1. The molecule has 2 amide bonds. The SMILES string of the molecule is CCCC(NC(=O)Cc1ccccc1)C(=O)N1CCCC(C(C)N)C1. The van der Waals surface area contributed by atoms with Gasteiger partial charge >= 0.3 is 0 Å². The molecule has 3 N–H and O–H groups in total. The van der Waals surface area contributed by atoms with Gasteiger partial charge in [-0.15, -0.1) is 0 Å². The van der Waals surface area contributed by atoms with E-state index in [0.29, 0.717) is 25.3 Å². The Labute approximate surface area is 151 Å². The summed E-state index contributed by atoms with van der Waals surface area (Å²) in [5.74, 6) is 0.285. The minimum atomic E-state index is -0.437. The van der Waals surface area contributed by atoms with Gasteiger partial charge in [0.1, 0.15) is 6.04 Å². The van der Waals surface area contributed by atoms with Gasteiger partial charge in [-0.25, -0.2) is 0 Å². The second-order valence-electron chi connectivity index (χ2n) is 7.12. The molecule has 0 spiro atoms. The number of carbonyl (C=O) groups is 2. The first-order valence-electron chi connectivity index (χ1n) is 9.39. The van der Waals surface area contributed by atoms with E-state index < -0.39 is 6.04 Å². The molecule has 25 heavy (non-hydrogen) atoms. The summed E-state index contributed by atoms with van der Waals surface area (Å²) in [5, 5.41) is 2.95. The maximum absolute atomic E-state index is 12.9. The summed E-state index contributed by atoms with van der Waals surface area (Å²) in [4.78, 5) is 27.2. The number of nitrogens with two attached hydrogens (primary N) is 1. The Morgan fingerprint density at radius 1 is 1.32 bits per heavy atom. The van der Waals surface area contributed by atoms with Crippen LogP contribution in [0.15, 0.2) is 30.3 Å². The van der Waals surface area contributed by atoms with E-state index in [2.05, 4.69) is 5.32 Å². The molecule has 1 aliphatic rings. The number of likely N-dealkylation sites (tertiary alicyclic amines) is 1. The molecule has 1 aromatic carbocycles. The Bertz CT molecular complexity index is 559. The van der Waals surface area contributed by atoms with Crippen LogP contribution in [-0.4, -0.2) is 41.9 Å². The van der Waals surface area contributed by atoms with Crippen molar-refractivity contribution in [2.24, 2.45) is 11.7 Å². The van der Waals surface area contributed by atoms with Crippen LogP contribution in [0.25, 0.3) is 0 Å². The topological polar surface area (TPSA) is 75.4 Å². The van der Waals surface area contributed by atoms with Gasteiger partial charge in [0, 0.05) is 19.1 Å². The fourth-order valence-electron chi connectivity index (χ4n) is 3.43. The molecule has 0 aromatic heterocycles. The second-order valence-corrected chi connectivity index (χ2v) is 7.12. The summed E-state index contributed by atoms with van der Waals surface area (Å²) >= 11 is 0. The van der Waals surface area contributed by atoms with Gasteiger partial charge < -0.3 is 16.0 Å². The zero-order chi connectivity index (χ0) is 18.2. The van der Waals surface area contributed by atoms with Crippen molar-refractivity contribution in [2.45, 2.75) is 58.0 Å². The molecular weight excluding hydrogens is 314 g/mol. The second kappa shape index (κ2) is 9.56. The lowest BCUT2D eigenvalue weighted by molar-refractivity contribution is -0.138. The Morgan fingerprint density at radius 2 is 2.04 bits per heavy atom. The highest BCUT2D eigenvalue weighted by Crippen LogP contribution is 2.20. The normalized spacial score (nSPS) is 20.0. The van der Waals surface area contributed by atoms with Crippen LogP contribution in [0, 0.1) is 5.92 Å². The van der Waals surface area contributed by atoms with E-state index in [-0.39, 0.29) is 17.9 Å². The molecule has 3 unspecified atom stereocenters. The fourth-order valence-corrected chi connectivity index (χ4v) is 3.43. The molecule has 2 rings (SSSR count). The van der Waals surface area contributed by atoms with Gasteiger partial charge in [-0.2, -0.15) is 0 Å². The minimum absolute atomic E-state index is 0.0358. The first-order chi connectivity index (χ1) is 12.0. The van der Waals surface area contributed by atoms with E-state index >= 15 is 0 Å². The van der Waals surface area contributed by atoms with Crippen LogP contribution >= 0.6 is 0 Å². The molecule has 0 saturated carbocycles. The Balaban J connectivity index is 1.96. The van der Waals surface area contributed by atoms with Crippen LogP contribution in [0.5, 0.6) is 0 Å². The maximum atomic E-state index is 12.9. The molecule has 1 heterocycles. The average molecular weight is 345 g/mol. The number of hydrogen-bond donors (Lipinski definition) is 2. The molecule has 1 saturated heterocycles. The summed E-state index contributed by atoms with van der Waals surface area (Å²) < 4.78 is 0. The zero-order valence-corrected chi connectivity index (χ0v) is 15.4. The van der Waals surface area contributed by atoms with Gasteiger partial charge in [0.05, 0.1) is 6.42 Å². The number of amides is 2. The van der Waals surface area contributed by atoms with Crippen molar-refractivity contribution in [3.63, 3.8) is 0 Å². The van der Waals surface area contributed by atoms with Gasteiger partial charge in [-0.3, -0.25) is 9.59 Å². The van der Waals surface area contributed by atoms with Gasteiger partial charge in [-0.05, 0) is 37.7 Å². The first-order valence-corrected chi connectivity index (χ1v) is 9.39. The van der Waals surface area contributed by atoms with E-state index in [1.165, 1.54) is 0 Å². The molecule has 0 aliphatic carbocycles. The number of carbonyl (C=O) groups excluding carboxylic acids is 2. The molecule has 0 bridgehead atoms. The molecule has 1 aromatic rings. The highest BCUT2D eigenvalue weighted by atomic mass is 16.2. The third kappa shape index (κ3) is 5.85. The predicted molar refractivity (Wildman–Crippen MR) is 99.9 cm³/mol. The molecule has 0 radical (unpaired) electrons. The van der Waals surface area contributed by atoms with E-state index in [1.807, 2.05) is 49.1 Å². The number of nitrogens with zero attached hydrogens (tertiary/aromatic N) is 1. The molecular formula is C20H31N3O2. The van der Waals surface area contributed by atoms with Crippen molar-refractivity contribution in [1.82, 2.24) is 10.2 Å². The number of piperidine rings is 1. The van der Waals surface area contributed by atoms with E-state index in [1.54, 1.807) is 0 Å². The average Bonchev–Trinajstić information content (AvgIpc) is 2.61. The largest absolute Gasteiger partial charge is 0.344 e. The Morgan fingerprint density at radius 3 is 2.68 bits per heavy atom. The van der Waals surface area contributed by atoms with E-state index in [9.17, 15) is 9.59 Å². The Hall–Kier alpha value is -1.88. The predicted octanol–water partition coefficient (Wildman–Crippen LogP) is 2.10. The highest BCUT2D eigenvalue weighted by molar-refractivity contribution is 5.88. The van der Waals surface area contributed by atoms with E-state index in [0.717, 1.165) is 31.4 Å². The maximum Gasteiger partial charge on any atom is 0.245 e. The number of rotatable bonds is 7. The van der Waals surface area contributed by atoms with Crippen molar-refractivity contribution in [2.75, 3.05) is 13.1 Å². The quantitative estimate of drug-likeness (QED) is 0.795. The first kappa shape index (κ1) is 19.4. The summed E-state index contributed by atoms with van der Waals surface area (Å²) in [6, 6.07) is 9.26. The Kier molecular flexibility index (Phi) is 7.44. The summed E-state index contributed by atoms with van der Waals surface area (Å²) in [7, 11) is 0. The van der Waals surface area contributed by atoms with Crippen LogP contribution in [-0.2, 0) is 16.0 Å². The summed E-state index contributed by atoms with van der Waals surface area (Å²) in [6.07, 6.45) is 3.87. The van der Waals surface area contributed by atoms with Crippen molar-refractivity contribution >= 4 is 11.8 Å². The van der Waals surface area contributed by atoms with Crippen molar-refractivity contribution < 1.29 is 9.59 Å². The molecule has 5 heteroatoms. The summed E-state index contributed by atoms with van der Waals surface area (Å²) in [5.41, 5.74) is 6.98. The molecule has 3 atom stereocenters. The van der Waals surface area contributed by atoms with Crippen LogP contribution < -0.4 is 11.1 Å². The lowest BCUT2D eigenvalue weighted by atomic mass is 9.91. The smallest absolute Gasteiger partial charge is 0.245 e. The van der Waals surface area contributed by atoms with Crippen molar-refractivity contribution in [3.8, 4) is 0 Å². The number of nitrogens with one attached hydrogen (secondary N) is 1. The van der Waals surface area contributed by atoms with Crippen molar-refractivity contribution in [3.05, 3.63) is 35.9 Å². The summed E-state index contributed by atoms with van der Waals surface area (Å²) in [6.45, 7) is 5.50. The highest BCUT2D eigenvalue weighted by Gasteiger charge is 2.30. The fraction of sp³-hybridized carbons (Fsp3) is 0.600. The third-order valence-corrected chi connectivity index (χ3v) is 4.93. The third-order valence-electron chi connectivity index (χ3n) is 4.93. The molecule has 1 aliphatic heterocycles. The van der Waals surface area contributed by atoms with Gasteiger partial charge in [0.15, 0.2) is 0 Å². The van der Waals surface area contributed by atoms with Gasteiger partial charge in [-0.1, -0.05) is 43.7 Å². The number of hydrogen-bond acceptors (Lipinski definition) is 3. The molecule has 1 fully saturated rings. The lowest BCUT2D eigenvalue weighted by Crippen LogP contribution is -2.53.